The number of hydrogen-bond acceptors (Lipinski definition) is 3. The molecule has 0 aliphatic heterocycles. The van der Waals surface area contributed by atoms with Crippen LogP contribution in [0.1, 0.15) is 20.3 Å². The standard InChI is InChI=1S/C12H19BrN2O/c1-8(2)11(5-6-16)15-12-7-9(13)3-4-10(12)14/h3-4,7-8,11,15-16H,5-6,14H2,1-2H3. The number of hydrogen-bond donors (Lipinski definition) is 3. The van der Waals surface area contributed by atoms with Crippen LogP contribution < -0.4 is 11.1 Å². The van der Waals surface area contributed by atoms with E-state index in [2.05, 4.69) is 35.1 Å². The molecule has 0 radical (unpaired) electrons. The molecule has 0 amide bonds. The SMILES string of the molecule is CC(C)C(CCO)Nc1cc(Br)ccc1N. The smallest absolute Gasteiger partial charge is 0.0587 e. The lowest BCUT2D eigenvalue weighted by Crippen LogP contribution is -2.27. The highest BCUT2D eigenvalue weighted by Gasteiger charge is 2.13. The molecule has 0 saturated heterocycles. The molecule has 16 heavy (non-hydrogen) atoms. The minimum absolute atomic E-state index is 0.184. The summed E-state index contributed by atoms with van der Waals surface area (Å²) in [7, 11) is 0. The summed E-state index contributed by atoms with van der Waals surface area (Å²) in [5.74, 6) is 0.450. The highest BCUT2D eigenvalue weighted by atomic mass is 79.9. The summed E-state index contributed by atoms with van der Waals surface area (Å²) in [6.45, 7) is 4.44. The lowest BCUT2D eigenvalue weighted by atomic mass is 10.0. The normalized spacial score (nSPS) is 12.8. The average Bonchev–Trinajstić information content (AvgIpc) is 2.22. The van der Waals surface area contributed by atoms with Crippen LogP contribution in [0.5, 0.6) is 0 Å². The quantitative estimate of drug-likeness (QED) is 0.730. The maximum atomic E-state index is 9.01. The van der Waals surface area contributed by atoms with E-state index in [1.54, 1.807) is 0 Å². The molecule has 0 bridgehead atoms. The number of nitrogens with two attached hydrogens (primary N) is 1. The molecule has 4 heteroatoms. The van der Waals surface area contributed by atoms with Crippen molar-refractivity contribution in [2.75, 3.05) is 17.7 Å². The van der Waals surface area contributed by atoms with Crippen LogP contribution in [0.3, 0.4) is 0 Å². The molecule has 0 saturated carbocycles. The van der Waals surface area contributed by atoms with Gasteiger partial charge in [-0.15, -0.1) is 0 Å². The summed E-state index contributed by atoms with van der Waals surface area (Å²) in [5.41, 5.74) is 7.53. The second kappa shape index (κ2) is 6.11. The van der Waals surface area contributed by atoms with Crippen molar-refractivity contribution < 1.29 is 5.11 Å². The lowest BCUT2D eigenvalue weighted by Gasteiger charge is -2.23. The fraction of sp³-hybridized carbons (Fsp3) is 0.500. The molecule has 1 unspecified atom stereocenters. The topological polar surface area (TPSA) is 58.3 Å². The number of benzene rings is 1. The molecule has 1 aromatic carbocycles. The molecule has 1 atom stereocenters. The first-order valence-corrected chi connectivity index (χ1v) is 6.26. The predicted molar refractivity (Wildman–Crippen MR) is 72.5 cm³/mol. The van der Waals surface area contributed by atoms with Crippen molar-refractivity contribution in [1.29, 1.82) is 0 Å². The summed E-state index contributed by atoms with van der Waals surface area (Å²) in [5, 5.41) is 12.4. The third kappa shape index (κ3) is 3.68. The number of nitrogen functional groups attached to an aromatic ring is 1. The Labute approximate surface area is 105 Å². The van der Waals surface area contributed by atoms with Crippen molar-refractivity contribution in [2.24, 2.45) is 5.92 Å². The van der Waals surface area contributed by atoms with Gasteiger partial charge in [0.2, 0.25) is 0 Å². The van der Waals surface area contributed by atoms with E-state index in [-0.39, 0.29) is 12.6 Å². The monoisotopic (exact) mass is 286 g/mol. The van der Waals surface area contributed by atoms with Gasteiger partial charge in [-0.25, -0.2) is 0 Å². The lowest BCUT2D eigenvalue weighted by molar-refractivity contribution is 0.267. The van der Waals surface area contributed by atoms with Crippen molar-refractivity contribution in [3.8, 4) is 0 Å². The maximum Gasteiger partial charge on any atom is 0.0587 e. The van der Waals surface area contributed by atoms with Crippen LogP contribution in [0, 0.1) is 5.92 Å². The second-order valence-electron chi connectivity index (χ2n) is 4.24. The van der Waals surface area contributed by atoms with Crippen LogP contribution in [-0.2, 0) is 0 Å². The first-order valence-electron chi connectivity index (χ1n) is 5.47. The van der Waals surface area contributed by atoms with Gasteiger partial charge in [-0.2, -0.15) is 0 Å². The summed E-state index contributed by atoms with van der Waals surface area (Å²) < 4.78 is 0.996. The number of halogens is 1. The molecule has 0 aliphatic carbocycles. The summed E-state index contributed by atoms with van der Waals surface area (Å²) in [6, 6.07) is 5.98. The third-order valence-electron chi connectivity index (χ3n) is 2.60. The van der Waals surface area contributed by atoms with Crippen LogP contribution in [0.25, 0.3) is 0 Å². The second-order valence-corrected chi connectivity index (χ2v) is 5.15. The average molecular weight is 287 g/mol. The van der Waals surface area contributed by atoms with Crippen LogP contribution in [0.2, 0.25) is 0 Å². The largest absolute Gasteiger partial charge is 0.397 e. The van der Waals surface area contributed by atoms with Gasteiger partial charge in [0.25, 0.3) is 0 Å². The van der Waals surface area contributed by atoms with E-state index in [4.69, 9.17) is 10.8 Å². The van der Waals surface area contributed by atoms with E-state index in [0.717, 1.165) is 22.3 Å². The number of anilines is 2. The molecule has 1 rings (SSSR count). The molecular formula is C12H19BrN2O. The number of rotatable bonds is 5. The van der Waals surface area contributed by atoms with Crippen LogP contribution in [0.15, 0.2) is 22.7 Å². The summed E-state index contributed by atoms with van der Waals surface area (Å²) >= 11 is 3.42. The van der Waals surface area contributed by atoms with Crippen molar-refractivity contribution in [2.45, 2.75) is 26.3 Å². The first kappa shape index (κ1) is 13.3. The Bertz CT molecular complexity index is 342. The summed E-state index contributed by atoms with van der Waals surface area (Å²) in [6.07, 6.45) is 0.726. The van der Waals surface area contributed by atoms with Gasteiger partial charge >= 0.3 is 0 Å². The molecule has 0 spiro atoms. The Hall–Kier alpha value is -0.740. The van der Waals surface area contributed by atoms with E-state index < -0.39 is 0 Å². The minimum atomic E-state index is 0.184. The maximum absolute atomic E-state index is 9.01. The number of aliphatic hydroxyl groups excluding tert-OH is 1. The third-order valence-corrected chi connectivity index (χ3v) is 3.09. The van der Waals surface area contributed by atoms with E-state index in [0.29, 0.717) is 5.92 Å². The molecule has 0 heterocycles. The zero-order chi connectivity index (χ0) is 12.1. The van der Waals surface area contributed by atoms with Gasteiger partial charge in [0.15, 0.2) is 0 Å². The van der Waals surface area contributed by atoms with Crippen molar-refractivity contribution in [3.63, 3.8) is 0 Å². The van der Waals surface area contributed by atoms with Gasteiger partial charge in [0.1, 0.15) is 0 Å². The Balaban J connectivity index is 2.80. The highest BCUT2D eigenvalue weighted by molar-refractivity contribution is 9.10. The van der Waals surface area contributed by atoms with Gasteiger partial charge in [-0.1, -0.05) is 29.8 Å². The van der Waals surface area contributed by atoms with E-state index in [1.165, 1.54) is 0 Å². The first-order chi connectivity index (χ1) is 7.54. The van der Waals surface area contributed by atoms with Crippen molar-refractivity contribution in [1.82, 2.24) is 0 Å². The van der Waals surface area contributed by atoms with Gasteiger partial charge in [-0.05, 0) is 30.5 Å². The Kier molecular flexibility index (Phi) is 5.09. The van der Waals surface area contributed by atoms with E-state index in [1.807, 2.05) is 18.2 Å². The number of aliphatic hydroxyl groups is 1. The Morgan fingerprint density at radius 3 is 2.69 bits per heavy atom. The molecule has 0 aromatic heterocycles. The fourth-order valence-electron chi connectivity index (χ4n) is 1.56. The fourth-order valence-corrected chi connectivity index (χ4v) is 1.93. The molecule has 90 valence electrons. The highest BCUT2D eigenvalue weighted by Crippen LogP contribution is 2.25. The molecule has 4 N–H and O–H groups in total. The van der Waals surface area contributed by atoms with Gasteiger partial charge in [-0.3, -0.25) is 0 Å². The molecule has 0 aliphatic rings. The van der Waals surface area contributed by atoms with Crippen molar-refractivity contribution >= 4 is 27.3 Å². The Morgan fingerprint density at radius 1 is 1.44 bits per heavy atom. The molecule has 3 nitrogen and oxygen atoms in total. The van der Waals surface area contributed by atoms with Gasteiger partial charge in [0, 0.05) is 17.1 Å². The minimum Gasteiger partial charge on any atom is -0.397 e. The zero-order valence-corrected chi connectivity index (χ0v) is 11.3. The molecule has 1 aromatic rings. The zero-order valence-electron chi connectivity index (χ0n) is 9.70. The molecule has 0 fully saturated rings. The van der Waals surface area contributed by atoms with Crippen LogP contribution >= 0.6 is 15.9 Å². The Morgan fingerprint density at radius 2 is 2.12 bits per heavy atom. The van der Waals surface area contributed by atoms with Gasteiger partial charge in [0.05, 0.1) is 11.4 Å². The van der Waals surface area contributed by atoms with Crippen LogP contribution in [-0.4, -0.2) is 17.8 Å². The molecular weight excluding hydrogens is 268 g/mol. The number of nitrogens with one attached hydrogen (secondary N) is 1. The summed E-state index contributed by atoms with van der Waals surface area (Å²) in [4.78, 5) is 0. The van der Waals surface area contributed by atoms with E-state index >= 15 is 0 Å². The van der Waals surface area contributed by atoms with E-state index in [9.17, 15) is 0 Å². The van der Waals surface area contributed by atoms with Crippen LogP contribution in [0.4, 0.5) is 11.4 Å². The predicted octanol–water partition coefficient (Wildman–Crippen LogP) is 2.85. The van der Waals surface area contributed by atoms with Crippen molar-refractivity contribution in [3.05, 3.63) is 22.7 Å². The van der Waals surface area contributed by atoms with Gasteiger partial charge < -0.3 is 16.2 Å².